The number of ether oxygens (including phenoxy) is 1. The summed E-state index contributed by atoms with van der Waals surface area (Å²) in [6.45, 7) is 2.08. The lowest BCUT2D eigenvalue weighted by Crippen LogP contribution is -2.31. The summed E-state index contributed by atoms with van der Waals surface area (Å²) in [6, 6.07) is 6.05. The summed E-state index contributed by atoms with van der Waals surface area (Å²) in [5, 5.41) is 11.9. The Hall–Kier alpha value is -1.02. The Morgan fingerprint density at radius 1 is 1.36 bits per heavy atom. The molecule has 1 aromatic carbocycles. The van der Waals surface area contributed by atoms with Gasteiger partial charge >= 0.3 is 12.1 Å². The van der Waals surface area contributed by atoms with Crippen LogP contribution in [-0.2, 0) is 14.9 Å². The van der Waals surface area contributed by atoms with E-state index < -0.39 is 12.1 Å². The van der Waals surface area contributed by atoms with Crippen LogP contribution in [0.5, 0.6) is 0 Å². The number of hydrogen-bond donors (Lipinski definition) is 2. The second-order valence-corrected chi connectivity index (χ2v) is 7.03. The lowest BCUT2D eigenvalue weighted by atomic mass is 9.74. The highest BCUT2D eigenvalue weighted by molar-refractivity contribution is 6.42. The molecule has 1 saturated carbocycles. The Kier molecular flexibility index (Phi) is 6.25. The predicted molar refractivity (Wildman–Crippen MR) is 88.2 cm³/mol. The van der Waals surface area contributed by atoms with E-state index in [9.17, 15) is 13.2 Å². The second kappa shape index (κ2) is 7.70. The summed E-state index contributed by atoms with van der Waals surface area (Å²) in [6.07, 6.45) is -2.52. The molecule has 0 spiro atoms. The maximum atomic E-state index is 10.6. The Bertz CT molecular complexity index is 642. The van der Waals surface area contributed by atoms with Gasteiger partial charge in [-0.15, -0.1) is 0 Å². The predicted octanol–water partition coefficient (Wildman–Crippen LogP) is 3.89. The molecule has 140 valence electrons. The zero-order valence-corrected chi connectivity index (χ0v) is 14.9. The summed E-state index contributed by atoms with van der Waals surface area (Å²) >= 11 is 12.2. The number of benzene rings is 1. The van der Waals surface area contributed by atoms with E-state index in [-0.39, 0.29) is 5.41 Å². The molecule has 0 amide bonds. The topological polar surface area (TPSA) is 58.6 Å². The van der Waals surface area contributed by atoms with Crippen LogP contribution >= 0.6 is 23.2 Å². The largest absolute Gasteiger partial charge is 0.490 e. The number of carboxylic acid groups (broad SMARTS) is 1. The molecule has 0 radical (unpaired) electrons. The molecule has 25 heavy (non-hydrogen) atoms. The van der Waals surface area contributed by atoms with Gasteiger partial charge in [-0.25, -0.2) is 4.79 Å². The molecule has 0 aromatic heterocycles. The van der Waals surface area contributed by atoms with Gasteiger partial charge < -0.3 is 15.2 Å². The smallest absolute Gasteiger partial charge is 0.475 e. The second-order valence-electron chi connectivity index (χ2n) is 6.21. The van der Waals surface area contributed by atoms with Gasteiger partial charge in [0.15, 0.2) is 0 Å². The third kappa shape index (κ3) is 4.39. The first-order valence-electron chi connectivity index (χ1n) is 7.59. The van der Waals surface area contributed by atoms with Gasteiger partial charge in [0.1, 0.15) is 0 Å². The minimum atomic E-state index is -5.08. The number of methoxy groups -OCH3 is 1. The normalized spacial score (nSPS) is 28.2. The molecule has 0 bridgehead atoms. The molecule has 1 saturated heterocycles. The Morgan fingerprint density at radius 2 is 2.00 bits per heavy atom. The van der Waals surface area contributed by atoms with E-state index in [4.69, 9.17) is 37.8 Å². The third-order valence-electron chi connectivity index (χ3n) is 4.82. The van der Waals surface area contributed by atoms with Gasteiger partial charge in [-0.3, -0.25) is 0 Å². The van der Waals surface area contributed by atoms with Gasteiger partial charge in [-0.2, -0.15) is 13.2 Å². The van der Waals surface area contributed by atoms with Gasteiger partial charge in [0.05, 0.1) is 16.1 Å². The van der Waals surface area contributed by atoms with Gasteiger partial charge in [0.2, 0.25) is 0 Å². The molecular formula is C16H18Cl2F3NO3. The highest BCUT2D eigenvalue weighted by atomic mass is 35.5. The first kappa shape index (κ1) is 20.3. The zero-order chi connectivity index (χ0) is 18.8. The number of carboxylic acids is 1. The van der Waals surface area contributed by atoms with Crippen LogP contribution in [-0.4, -0.2) is 43.6 Å². The first-order chi connectivity index (χ1) is 11.6. The van der Waals surface area contributed by atoms with Gasteiger partial charge in [-0.05, 0) is 43.0 Å². The fourth-order valence-electron chi connectivity index (χ4n) is 3.60. The number of carbonyl (C=O) groups is 1. The Labute approximate surface area is 153 Å². The van der Waals surface area contributed by atoms with E-state index >= 15 is 0 Å². The number of hydrogen-bond acceptors (Lipinski definition) is 3. The molecule has 3 atom stereocenters. The minimum Gasteiger partial charge on any atom is -0.475 e. The lowest BCUT2D eigenvalue weighted by Gasteiger charge is -2.29. The fraction of sp³-hybridized carbons (Fsp3) is 0.562. The number of rotatable bonds is 2. The van der Waals surface area contributed by atoms with Crippen LogP contribution in [0.25, 0.3) is 0 Å². The van der Waals surface area contributed by atoms with Crippen molar-refractivity contribution in [2.75, 3.05) is 20.2 Å². The molecule has 1 aromatic rings. The molecule has 2 aliphatic rings. The van der Waals surface area contributed by atoms with Crippen LogP contribution in [0.15, 0.2) is 18.2 Å². The summed E-state index contributed by atoms with van der Waals surface area (Å²) in [7, 11) is 1.81. The molecule has 4 nitrogen and oxygen atoms in total. The van der Waals surface area contributed by atoms with Crippen LogP contribution in [0, 0.1) is 5.92 Å². The molecule has 1 heterocycles. The lowest BCUT2D eigenvalue weighted by molar-refractivity contribution is -0.192. The van der Waals surface area contributed by atoms with Crippen molar-refractivity contribution in [2.24, 2.45) is 5.92 Å². The van der Waals surface area contributed by atoms with Crippen molar-refractivity contribution in [1.29, 1.82) is 0 Å². The third-order valence-corrected chi connectivity index (χ3v) is 5.56. The highest BCUT2D eigenvalue weighted by Gasteiger charge is 2.51. The van der Waals surface area contributed by atoms with E-state index in [0.29, 0.717) is 22.1 Å². The van der Waals surface area contributed by atoms with Gasteiger partial charge in [-0.1, -0.05) is 29.3 Å². The highest BCUT2D eigenvalue weighted by Crippen LogP contribution is 2.49. The van der Waals surface area contributed by atoms with E-state index in [2.05, 4.69) is 11.4 Å². The van der Waals surface area contributed by atoms with Crippen molar-refractivity contribution in [1.82, 2.24) is 5.32 Å². The zero-order valence-electron chi connectivity index (χ0n) is 13.4. The van der Waals surface area contributed by atoms with Crippen LogP contribution in [0.4, 0.5) is 13.2 Å². The van der Waals surface area contributed by atoms with Crippen molar-refractivity contribution in [3.63, 3.8) is 0 Å². The first-order valence-corrected chi connectivity index (χ1v) is 8.35. The van der Waals surface area contributed by atoms with Crippen molar-refractivity contribution >= 4 is 29.2 Å². The number of fused-ring (bicyclic) bond motifs is 1. The molecule has 2 fully saturated rings. The number of halogens is 5. The SMILES string of the molecule is CO[C@@H]1C[C@@H]2CNC[C@]2(c2ccc(Cl)c(Cl)c2)C1.O=C(O)C(F)(F)F. The van der Waals surface area contributed by atoms with Crippen LogP contribution in [0.1, 0.15) is 18.4 Å². The van der Waals surface area contributed by atoms with Crippen molar-refractivity contribution < 1.29 is 27.8 Å². The molecule has 0 unspecified atom stereocenters. The number of alkyl halides is 3. The monoisotopic (exact) mass is 399 g/mol. The minimum absolute atomic E-state index is 0.176. The van der Waals surface area contributed by atoms with E-state index in [1.165, 1.54) is 5.56 Å². The fourth-order valence-corrected chi connectivity index (χ4v) is 3.90. The van der Waals surface area contributed by atoms with Gasteiger partial charge in [0.25, 0.3) is 0 Å². The molecular weight excluding hydrogens is 382 g/mol. The van der Waals surface area contributed by atoms with Crippen LogP contribution < -0.4 is 5.32 Å². The van der Waals surface area contributed by atoms with Crippen LogP contribution in [0.3, 0.4) is 0 Å². The average molecular weight is 400 g/mol. The van der Waals surface area contributed by atoms with E-state index in [1.807, 2.05) is 19.2 Å². The maximum Gasteiger partial charge on any atom is 0.490 e. The molecule has 2 N–H and O–H groups in total. The molecule has 1 aliphatic heterocycles. The molecule has 1 aliphatic carbocycles. The van der Waals surface area contributed by atoms with E-state index in [0.717, 1.165) is 25.9 Å². The summed E-state index contributed by atoms with van der Waals surface area (Å²) < 4.78 is 37.3. The standard InChI is InChI=1S/C14H17Cl2NO.C2HF3O2/c1-18-11-4-10-7-17-8-14(10,6-11)9-2-3-12(15)13(16)5-9;3-2(4,5)1(6)7/h2-3,5,10-11,17H,4,6-8H2,1H3;(H,6,7)/t10-,11-,14+;/m1./s1. The quantitative estimate of drug-likeness (QED) is 0.791. The van der Waals surface area contributed by atoms with Crippen molar-refractivity contribution in [2.45, 2.75) is 30.5 Å². The Morgan fingerprint density at radius 3 is 2.52 bits per heavy atom. The van der Waals surface area contributed by atoms with Crippen molar-refractivity contribution in [3.8, 4) is 0 Å². The average Bonchev–Trinajstić information content (AvgIpc) is 3.07. The summed E-state index contributed by atoms with van der Waals surface area (Å²) in [4.78, 5) is 8.90. The molecule has 3 rings (SSSR count). The molecule has 9 heteroatoms. The number of nitrogens with one attached hydrogen (secondary N) is 1. The maximum absolute atomic E-state index is 10.6. The van der Waals surface area contributed by atoms with Crippen molar-refractivity contribution in [3.05, 3.63) is 33.8 Å². The van der Waals surface area contributed by atoms with Crippen LogP contribution in [0.2, 0.25) is 10.0 Å². The summed E-state index contributed by atoms with van der Waals surface area (Å²) in [5.74, 6) is -2.12. The van der Waals surface area contributed by atoms with E-state index in [1.54, 1.807) is 0 Å². The number of aliphatic carboxylic acids is 1. The summed E-state index contributed by atoms with van der Waals surface area (Å²) in [5.41, 5.74) is 1.47. The Balaban J connectivity index is 0.000000277. The van der Waals surface area contributed by atoms with Gasteiger partial charge in [0, 0.05) is 19.1 Å².